The van der Waals surface area contributed by atoms with Gasteiger partial charge in [-0.1, -0.05) is 0 Å². The molecule has 0 N–H and O–H groups in total. The molecule has 0 aliphatic heterocycles. The van der Waals surface area contributed by atoms with Crippen molar-refractivity contribution in [2.75, 3.05) is 0 Å². The zero-order chi connectivity index (χ0) is 14.2. The normalized spacial score (nSPS) is 17.7. The Morgan fingerprint density at radius 3 is 1.43 bits per heavy atom. The van der Waals surface area contributed by atoms with Crippen LogP contribution in [-0.4, -0.2) is 17.6 Å². The van der Waals surface area contributed by atoms with E-state index in [2.05, 4.69) is 38.3 Å². The van der Waals surface area contributed by atoms with E-state index in [9.17, 15) is 0 Å². The van der Waals surface area contributed by atoms with Gasteiger partial charge in [0, 0.05) is 0 Å². The molecule has 2 aliphatic rings. The molecular formula is C14H20Cl4Si2Zr. The molecule has 0 aromatic rings. The first kappa shape index (κ1) is 22.4. The molecule has 0 spiro atoms. The minimum atomic E-state index is -0.799. The smallest absolute Gasteiger partial charge is 1.00 e. The number of hydrogen-bond acceptors (Lipinski definition) is 0. The van der Waals surface area contributed by atoms with Crippen LogP contribution in [0.25, 0.3) is 0 Å². The van der Waals surface area contributed by atoms with Crippen LogP contribution in [0.1, 0.15) is 12.8 Å². The molecule has 0 saturated heterocycles. The molecule has 21 heavy (non-hydrogen) atoms. The first-order valence-electron chi connectivity index (χ1n) is 6.87. The van der Waals surface area contributed by atoms with E-state index < -0.39 is 40.8 Å². The first-order chi connectivity index (χ1) is 8.91. The Morgan fingerprint density at radius 1 is 0.810 bits per heavy atom. The number of rotatable bonds is 4. The third-order valence-electron chi connectivity index (χ3n) is 3.59. The maximum Gasteiger partial charge on any atom is -1.00 e. The maximum absolute atomic E-state index is 6.40. The van der Waals surface area contributed by atoms with Gasteiger partial charge in [-0.15, -0.1) is 0 Å². The second-order valence-corrected chi connectivity index (χ2v) is 15.9. The van der Waals surface area contributed by atoms with Crippen molar-refractivity contribution >= 4 is 40.8 Å². The van der Waals surface area contributed by atoms with Crippen molar-refractivity contribution in [3.63, 3.8) is 0 Å². The molecule has 0 bridgehead atoms. The molecule has 0 aromatic heterocycles. The Balaban J connectivity index is 0.00000200. The van der Waals surface area contributed by atoms with Crippen LogP contribution in [0.4, 0.5) is 0 Å². The van der Waals surface area contributed by atoms with Gasteiger partial charge in [0.15, 0.2) is 0 Å². The average Bonchev–Trinajstić information content (AvgIpc) is 2.83. The number of allylic oxidation sites excluding steroid dienone is 8. The van der Waals surface area contributed by atoms with Gasteiger partial charge in [-0.25, -0.2) is 0 Å². The molecule has 116 valence electrons. The van der Waals surface area contributed by atoms with Crippen molar-refractivity contribution in [1.29, 1.82) is 0 Å². The van der Waals surface area contributed by atoms with Crippen molar-refractivity contribution in [3.8, 4) is 0 Å². The summed E-state index contributed by atoms with van der Waals surface area (Å²) in [5.41, 5.74) is 0. The molecule has 2 rings (SSSR count). The minimum Gasteiger partial charge on any atom is -1.00 e. The molecule has 0 aromatic carbocycles. The fourth-order valence-electron chi connectivity index (χ4n) is 2.78. The summed E-state index contributed by atoms with van der Waals surface area (Å²) in [6.45, 7) is 9.57. The van der Waals surface area contributed by atoms with Crippen molar-refractivity contribution in [1.82, 2.24) is 0 Å². The molecule has 0 unspecified atom stereocenters. The van der Waals surface area contributed by atoms with Gasteiger partial charge in [-0.05, 0) is 0 Å². The van der Waals surface area contributed by atoms with Gasteiger partial charge in [0.25, 0.3) is 0 Å². The number of hydrogen-bond donors (Lipinski definition) is 0. The fraction of sp³-hybridized carbons (Fsp3) is 0.429. The molecule has 0 heterocycles. The first-order valence-corrected chi connectivity index (χ1v) is 15.9. The molecule has 0 saturated carbocycles. The molecule has 0 atom stereocenters. The van der Waals surface area contributed by atoms with Crippen LogP contribution in [0.15, 0.2) is 39.2 Å². The Morgan fingerprint density at radius 2 is 1.14 bits per heavy atom. The summed E-state index contributed by atoms with van der Waals surface area (Å²) in [6, 6.07) is 0. The van der Waals surface area contributed by atoms with Gasteiger partial charge in [0.2, 0.25) is 0 Å². The largest absolute Gasteiger partial charge is 1.00 e. The van der Waals surface area contributed by atoms with Crippen molar-refractivity contribution in [2.45, 2.75) is 39.0 Å². The van der Waals surface area contributed by atoms with Crippen LogP contribution >= 0.6 is 23.2 Å². The maximum atomic E-state index is 6.40. The predicted octanol–water partition coefficient (Wildman–Crippen LogP) is -1.31. The van der Waals surface area contributed by atoms with Crippen LogP contribution in [0.5, 0.6) is 0 Å². The third kappa shape index (κ3) is 5.21. The average molecular weight is 478 g/mol. The Bertz CT molecular complexity index is 473. The SMILES string of the molecule is C[SiH](C)C1=[C]([Zr+2][C]2=C([SiH](C)C)C(Cl)=CC2)CC=C1Cl.[Cl-].[Cl-]. The van der Waals surface area contributed by atoms with Crippen molar-refractivity contribution in [3.05, 3.63) is 39.2 Å². The molecule has 0 fully saturated rings. The summed E-state index contributed by atoms with van der Waals surface area (Å²) in [5.74, 6) is 0. The number of halogens is 4. The van der Waals surface area contributed by atoms with Crippen LogP contribution in [-0.2, 0) is 23.2 Å². The van der Waals surface area contributed by atoms with E-state index in [0.29, 0.717) is 0 Å². The van der Waals surface area contributed by atoms with Gasteiger partial charge < -0.3 is 24.8 Å². The van der Waals surface area contributed by atoms with Crippen molar-refractivity contribution in [2.24, 2.45) is 0 Å². The van der Waals surface area contributed by atoms with E-state index in [1.807, 2.05) is 0 Å². The molecule has 0 nitrogen and oxygen atoms in total. The zero-order valence-electron chi connectivity index (χ0n) is 12.7. The summed E-state index contributed by atoms with van der Waals surface area (Å²) in [5, 5.41) is 5.29. The van der Waals surface area contributed by atoms with Crippen molar-refractivity contribution < 1.29 is 48.0 Å². The summed E-state index contributed by atoms with van der Waals surface area (Å²) in [4.78, 5) is 0. The Kier molecular flexibility index (Phi) is 10.3. The van der Waals surface area contributed by atoms with Crippen LogP contribution in [0.3, 0.4) is 0 Å². The molecule has 0 amide bonds. The van der Waals surface area contributed by atoms with E-state index in [1.54, 1.807) is 17.0 Å². The van der Waals surface area contributed by atoms with Crippen LogP contribution in [0.2, 0.25) is 26.2 Å². The Hall–Kier alpha value is 1.44. The second kappa shape index (κ2) is 9.66. The molecule has 2 aliphatic carbocycles. The van der Waals surface area contributed by atoms with Gasteiger partial charge in [-0.3, -0.25) is 0 Å². The molecular weight excluding hydrogens is 457 g/mol. The van der Waals surface area contributed by atoms with Gasteiger partial charge in [0.05, 0.1) is 0 Å². The van der Waals surface area contributed by atoms with Gasteiger partial charge >= 0.3 is 142 Å². The van der Waals surface area contributed by atoms with Gasteiger partial charge in [0.1, 0.15) is 0 Å². The standard InChI is InChI=1S/2C7H10ClSi.2ClH.Zr/c2*1-9(2)7-5-3-4-6(7)8;;;/h2*4,9H,3H2,1-2H3;2*1H;/q;;;;+2/p-2. The molecule has 0 radical (unpaired) electrons. The monoisotopic (exact) mass is 474 g/mol. The van der Waals surface area contributed by atoms with E-state index >= 15 is 0 Å². The minimum absolute atomic E-state index is 0. The zero-order valence-corrected chi connectivity index (χ0v) is 20.5. The fourth-order valence-corrected chi connectivity index (χ4v) is 16.2. The summed E-state index contributed by atoms with van der Waals surface area (Å²) in [7, 11) is -1.60. The van der Waals surface area contributed by atoms with Crippen LogP contribution in [0, 0.1) is 0 Å². The second-order valence-electron chi connectivity index (χ2n) is 5.73. The Labute approximate surface area is 165 Å². The summed E-state index contributed by atoms with van der Waals surface area (Å²) in [6.07, 6.45) is 6.72. The van der Waals surface area contributed by atoms with Gasteiger partial charge in [-0.2, -0.15) is 0 Å². The van der Waals surface area contributed by atoms with E-state index in [1.165, 1.54) is 0 Å². The van der Waals surface area contributed by atoms with Crippen LogP contribution < -0.4 is 24.8 Å². The van der Waals surface area contributed by atoms with E-state index in [-0.39, 0.29) is 24.8 Å². The summed E-state index contributed by atoms with van der Waals surface area (Å²) < 4.78 is 3.47. The third-order valence-corrected chi connectivity index (χ3v) is 13.5. The molecule has 7 heteroatoms. The predicted molar refractivity (Wildman–Crippen MR) is 88.9 cm³/mol. The van der Waals surface area contributed by atoms with E-state index in [4.69, 9.17) is 23.2 Å². The topological polar surface area (TPSA) is 0 Å². The summed E-state index contributed by atoms with van der Waals surface area (Å²) >= 11 is 12.2. The van der Waals surface area contributed by atoms with E-state index in [0.717, 1.165) is 22.9 Å². The quantitative estimate of drug-likeness (QED) is 0.442.